The zero-order valence-corrected chi connectivity index (χ0v) is 25.9. The van der Waals surface area contributed by atoms with E-state index in [1.807, 2.05) is 6.07 Å². The molecular formula is C33H38N4O3S2. The molecule has 1 saturated heterocycles. The number of nitrogens with one attached hydrogen (secondary N) is 1. The van der Waals surface area contributed by atoms with Crippen LogP contribution >= 0.6 is 11.3 Å². The van der Waals surface area contributed by atoms with Gasteiger partial charge in [-0.25, -0.2) is 13.4 Å². The molecule has 1 aliphatic heterocycles. The van der Waals surface area contributed by atoms with Crippen LogP contribution in [-0.4, -0.2) is 49.4 Å². The normalized spacial score (nSPS) is 23.1. The number of sulfone groups is 1. The van der Waals surface area contributed by atoms with Gasteiger partial charge in [-0.1, -0.05) is 55.3 Å². The Labute approximate surface area is 252 Å². The number of carbonyl (C=O) groups is 1. The van der Waals surface area contributed by atoms with Crippen LogP contribution in [0.25, 0.3) is 10.4 Å². The Bertz CT molecular complexity index is 1590. The number of amides is 1. The summed E-state index contributed by atoms with van der Waals surface area (Å²) in [6.45, 7) is 5.42. The number of hydrogen-bond acceptors (Lipinski definition) is 7. The lowest BCUT2D eigenvalue weighted by atomic mass is 9.76. The first-order chi connectivity index (χ1) is 20.1. The molecule has 42 heavy (non-hydrogen) atoms. The molecule has 7 nitrogen and oxygen atoms in total. The molecule has 3 aromatic rings. The van der Waals surface area contributed by atoms with Crippen molar-refractivity contribution in [2.75, 3.05) is 29.5 Å². The predicted molar refractivity (Wildman–Crippen MR) is 167 cm³/mol. The molecule has 1 N–H and O–H groups in total. The highest BCUT2D eigenvalue weighted by molar-refractivity contribution is 7.91. The summed E-state index contributed by atoms with van der Waals surface area (Å²) in [5.41, 5.74) is 3.25. The van der Waals surface area contributed by atoms with Crippen LogP contribution in [0.2, 0.25) is 0 Å². The van der Waals surface area contributed by atoms with Crippen molar-refractivity contribution < 1.29 is 13.2 Å². The molecule has 2 saturated carbocycles. The first kappa shape index (κ1) is 28.9. The Morgan fingerprint density at radius 2 is 1.71 bits per heavy atom. The van der Waals surface area contributed by atoms with E-state index < -0.39 is 15.4 Å². The molecule has 3 fully saturated rings. The quantitative estimate of drug-likeness (QED) is 0.366. The maximum atomic E-state index is 13.6. The lowest BCUT2D eigenvalue weighted by Gasteiger charge is -2.31. The van der Waals surface area contributed by atoms with Gasteiger partial charge in [0, 0.05) is 36.0 Å². The van der Waals surface area contributed by atoms with E-state index in [1.54, 1.807) is 11.3 Å². The minimum Gasteiger partial charge on any atom is -0.369 e. The number of nitriles is 1. The fraction of sp³-hybridized carbons (Fsp3) is 0.485. The molecule has 9 heteroatoms. The first-order valence-corrected chi connectivity index (χ1v) is 17.6. The predicted octanol–water partition coefficient (Wildman–Crippen LogP) is 5.82. The van der Waals surface area contributed by atoms with Gasteiger partial charge in [-0.2, -0.15) is 5.26 Å². The van der Waals surface area contributed by atoms with Gasteiger partial charge in [-0.05, 0) is 62.8 Å². The Morgan fingerprint density at radius 3 is 2.36 bits per heavy atom. The summed E-state index contributed by atoms with van der Waals surface area (Å²) in [5, 5.41) is 13.7. The summed E-state index contributed by atoms with van der Waals surface area (Å²) < 4.78 is 23.9. The van der Waals surface area contributed by atoms with Crippen LogP contribution in [-0.2, 0) is 20.0 Å². The second kappa shape index (κ2) is 11.1. The van der Waals surface area contributed by atoms with Gasteiger partial charge in [0.1, 0.15) is 10.5 Å². The van der Waals surface area contributed by atoms with Gasteiger partial charge in [0.25, 0.3) is 0 Å². The van der Waals surface area contributed by atoms with Crippen LogP contribution in [0.4, 0.5) is 5.69 Å². The summed E-state index contributed by atoms with van der Waals surface area (Å²) in [6, 6.07) is 21.1. The van der Waals surface area contributed by atoms with Crippen molar-refractivity contribution in [3.05, 3.63) is 70.9 Å². The zero-order chi connectivity index (χ0) is 29.5. The average Bonchev–Trinajstić information content (AvgIpc) is 3.63. The van der Waals surface area contributed by atoms with E-state index in [0.29, 0.717) is 13.1 Å². The van der Waals surface area contributed by atoms with Gasteiger partial charge in [-0.3, -0.25) is 4.79 Å². The zero-order valence-electron chi connectivity index (χ0n) is 24.3. The van der Waals surface area contributed by atoms with Crippen LogP contribution in [0.5, 0.6) is 0 Å². The van der Waals surface area contributed by atoms with Gasteiger partial charge >= 0.3 is 0 Å². The van der Waals surface area contributed by atoms with Gasteiger partial charge < -0.3 is 10.2 Å². The van der Waals surface area contributed by atoms with Gasteiger partial charge in [0.15, 0.2) is 9.84 Å². The molecule has 1 amide bonds. The highest BCUT2D eigenvalue weighted by atomic mass is 32.2. The molecule has 0 spiro atoms. The van der Waals surface area contributed by atoms with E-state index in [1.165, 1.54) is 5.56 Å². The number of rotatable bonds is 7. The summed E-state index contributed by atoms with van der Waals surface area (Å²) >= 11 is 1.70. The minimum atomic E-state index is -2.95. The molecule has 0 bridgehead atoms. The van der Waals surface area contributed by atoms with Crippen molar-refractivity contribution in [3.8, 4) is 16.5 Å². The monoisotopic (exact) mass is 602 g/mol. The molecule has 1 aromatic heterocycles. The molecule has 220 valence electrons. The Morgan fingerprint density at radius 1 is 1.05 bits per heavy atom. The molecular weight excluding hydrogens is 565 g/mol. The van der Waals surface area contributed by atoms with Gasteiger partial charge in [0.05, 0.1) is 28.1 Å². The number of benzene rings is 2. The standard InChI is InChI=1S/C33H38N4O3S2/c1-32(2,24-8-4-3-5-9-24)31-35-28(26-10-6-7-11-27(26)30(38)36-33(22-34)16-17-33)29(41-31)23-12-14-25(15-13-23)37-18-20-42(39,40)21-19-37/h3-5,8-9,12-15,26-27H,6-7,10-11,16-21H2,1-2H3,(H,36,38)/t26-,27-/m1/s1. The third-order valence-corrected chi connectivity index (χ3v) is 12.4. The second-order valence-electron chi connectivity index (χ2n) is 12.6. The van der Waals surface area contributed by atoms with E-state index in [2.05, 4.69) is 78.7 Å². The number of carbonyl (C=O) groups excluding carboxylic acids is 1. The van der Waals surface area contributed by atoms with E-state index in [0.717, 1.165) is 65.4 Å². The van der Waals surface area contributed by atoms with Crippen molar-refractivity contribution >= 4 is 32.8 Å². The number of hydrogen-bond donors (Lipinski definition) is 1. The molecule has 0 radical (unpaired) electrons. The van der Waals surface area contributed by atoms with Crippen LogP contribution < -0.4 is 10.2 Å². The summed E-state index contributed by atoms with van der Waals surface area (Å²) in [6.07, 6.45) is 5.17. The van der Waals surface area contributed by atoms with Crippen LogP contribution in [0, 0.1) is 17.2 Å². The lowest BCUT2D eigenvalue weighted by molar-refractivity contribution is -0.127. The van der Waals surface area contributed by atoms with Gasteiger partial charge in [0.2, 0.25) is 5.91 Å². The molecule has 2 aromatic carbocycles. The number of anilines is 1. The highest BCUT2D eigenvalue weighted by Crippen LogP contribution is 2.47. The maximum Gasteiger partial charge on any atom is 0.225 e. The fourth-order valence-electron chi connectivity index (χ4n) is 6.32. The van der Waals surface area contributed by atoms with Gasteiger partial charge in [-0.15, -0.1) is 11.3 Å². The van der Waals surface area contributed by atoms with Crippen molar-refractivity contribution in [1.82, 2.24) is 10.3 Å². The Balaban J connectivity index is 1.37. The second-order valence-corrected chi connectivity index (χ2v) is 15.9. The van der Waals surface area contributed by atoms with E-state index in [-0.39, 0.29) is 34.7 Å². The lowest BCUT2D eigenvalue weighted by Crippen LogP contribution is -2.42. The molecule has 2 aliphatic carbocycles. The largest absolute Gasteiger partial charge is 0.369 e. The highest BCUT2D eigenvalue weighted by Gasteiger charge is 2.47. The summed E-state index contributed by atoms with van der Waals surface area (Å²) in [7, 11) is -2.95. The Hall–Kier alpha value is -3.22. The molecule has 2 heterocycles. The van der Waals surface area contributed by atoms with E-state index in [4.69, 9.17) is 4.98 Å². The average molecular weight is 603 g/mol. The molecule has 6 rings (SSSR count). The van der Waals surface area contributed by atoms with Crippen LogP contribution in [0.15, 0.2) is 54.6 Å². The Kier molecular flexibility index (Phi) is 7.65. The third-order valence-electron chi connectivity index (χ3n) is 9.30. The van der Waals surface area contributed by atoms with E-state index in [9.17, 15) is 18.5 Å². The molecule has 2 atom stereocenters. The van der Waals surface area contributed by atoms with Crippen molar-refractivity contribution in [1.29, 1.82) is 5.26 Å². The van der Waals surface area contributed by atoms with Crippen LogP contribution in [0.3, 0.4) is 0 Å². The summed E-state index contributed by atoms with van der Waals surface area (Å²) in [5.74, 6) is 0.116. The van der Waals surface area contributed by atoms with Crippen molar-refractivity contribution in [2.45, 2.75) is 69.2 Å². The van der Waals surface area contributed by atoms with Crippen molar-refractivity contribution in [3.63, 3.8) is 0 Å². The smallest absolute Gasteiger partial charge is 0.225 e. The minimum absolute atomic E-state index is 0.0167. The number of thiazole rings is 1. The maximum absolute atomic E-state index is 13.6. The van der Waals surface area contributed by atoms with Crippen molar-refractivity contribution in [2.24, 2.45) is 5.92 Å². The van der Waals surface area contributed by atoms with Crippen LogP contribution in [0.1, 0.15) is 74.6 Å². The summed E-state index contributed by atoms with van der Waals surface area (Å²) in [4.78, 5) is 22.2. The topological polar surface area (TPSA) is 103 Å². The molecule has 0 unspecified atom stereocenters. The first-order valence-electron chi connectivity index (χ1n) is 15.0. The van der Waals surface area contributed by atoms with E-state index >= 15 is 0 Å². The molecule has 3 aliphatic rings. The third kappa shape index (κ3) is 5.71. The number of aromatic nitrogens is 1. The fourth-order valence-corrected chi connectivity index (χ4v) is 8.79. The SMILES string of the molecule is CC(C)(c1ccccc1)c1nc([C@@H]2CCCC[C@H]2C(=O)NC2(C#N)CC2)c(-c2ccc(N3CCS(=O)(=O)CC3)cc2)s1. The number of nitrogens with zero attached hydrogens (tertiary/aromatic N) is 3.